The standard InChI is InChI=1S/C16H20BrClN4O2/c1-16(2,3)11-8-9(5-7-21(11)15(23)24)22-10-4-6-19-14(18)12(10)13(17)20-22/h4,6,9,11H,5,7-8H2,1-3H3,(H,23,24). The highest BCUT2D eigenvalue weighted by Gasteiger charge is 2.39. The molecule has 2 atom stereocenters. The van der Waals surface area contributed by atoms with Gasteiger partial charge in [0, 0.05) is 18.8 Å². The number of pyridine rings is 1. The number of amides is 1. The second-order valence-electron chi connectivity index (χ2n) is 7.27. The molecule has 0 aromatic carbocycles. The van der Waals surface area contributed by atoms with E-state index in [4.69, 9.17) is 11.6 Å². The summed E-state index contributed by atoms with van der Waals surface area (Å²) in [6.45, 7) is 6.73. The molecule has 3 heterocycles. The Kier molecular flexibility index (Phi) is 4.51. The largest absolute Gasteiger partial charge is 0.465 e. The first kappa shape index (κ1) is 17.5. The number of fused-ring (bicyclic) bond motifs is 1. The van der Waals surface area contributed by atoms with Crippen LogP contribution in [0.4, 0.5) is 4.79 Å². The summed E-state index contributed by atoms with van der Waals surface area (Å²) in [5, 5.41) is 15.3. The molecule has 1 fully saturated rings. The Labute approximate surface area is 153 Å². The number of aromatic nitrogens is 3. The first-order valence-corrected chi connectivity index (χ1v) is 9.05. The van der Waals surface area contributed by atoms with Crippen molar-refractivity contribution >= 4 is 44.5 Å². The minimum Gasteiger partial charge on any atom is -0.465 e. The number of carbonyl (C=O) groups is 1. The lowest BCUT2D eigenvalue weighted by Gasteiger charge is -2.44. The average molecular weight is 416 g/mol. The molecule has 8 heteroatoms. The van der Waals surface area contributed by atoms with Crippen molar-refractivity contribution in [1.29, 1.82) is 0 Å². The van der Waals surface area contributed by atoms with Crippen LogP contribution in [-0.4, -0.2) is 43.5 Å². The number of nitrogens with zero attached hydrogens (tertiary/aromatic N) is 4. The lowest BCUT2D eigenvalue weighted by atomic mass is 9.79. The zero-order valence-electron chi connectivity index (χ0n) is 13.8. The first-order chi connectivity index (χ1) is 11.2. The van der Waals surface area contributed by atoms with Crippen LogP contribution < -0.4 is 0 Å². The maximum atomic E-state index is 11.6. The Morgan fingerprint density at radius 1 is 1.46 bits per heavy atom. The van der Waals surface area contributed by atoms with Gasteiger partial charge in [0.25, 0.3) is 0 Å². The molecule has 1 aliphatic heterocycles. The van der Waals surface area contributed by atoms with E-state index in [1.165, 1.54) is 0 Å². The second-order valence-corrected chi connectivity index (χ2v) is 8.38. The van der Waals surface area contributed by atoms with E-state index in [1.54, 1.807) is 11.1 Å². The van der Waals surface area contributed by atoms with E-state index in [1.807, 2.05) is 10.7 Å². The van der Waals surface area contributed by atoms with Crippen LogP contribution in [0.2, 0.25) is 5.15 Å². The van der Waals surface area contributed by atoms with E-state index in [9.17, 15) is 9.90 Å². The van der Waals surface area contributed by atoms with Crippen molar-refractivity contribution in [2.75, 3.05) is 6.54 Å². The van der Waals surface area contributed by atoms with Gasteiger partial charge in [-0.1, -0.05) is 32.4 Å². The molecule has 3 rings (SSSR count). The van der Waals surface area contributed by atoms with Crippen molar-refractivity contribution in [1.82, 2.24) is 19.7 Å². The molecule has 0 bridgehead atoms. The van der Waals surface area contributed by atoms with E-state index in [0.29, 0.717) is 16.3 Å². The predicted octanol–water partition coefficient (Wildman–Crippen LogP) is 4.58. The summed E-state index contributed by atoms with van der Waals surface area (Å²) in [5.41, 5.74) is 0.777. The van der Waals surface area contributed by atoms with Crippen molar-refractivity contribution in [3.05, 3.63) is 22.0 Å². The molecule has 2 aromatic rings. The molecule has 1 aliphatic rings. The fraction of sp³-hybridized carbons (Fsp3) is 0.562. The van der Waals surface area contributed by atoms with Crippen molar-refractivity contribution in [3.8, 4) is 0 Å². The van der Waals surface area contributed by atoms with Gasteiger partial charge in [0.1, 0.15) is 9.76 Å². The SMILES string of the molecule is CC(C)(C)C1CC(n2nc(Br)c3c(Cl)nccc32)CCN1C(=O)O. The van der Waals surface area contributed by atoms with E-state index in [2.05, 4.69) is 46.8 Å². The van der Waals surface area contributed by atoms with Gasteiger partial charge in [-0.3, -0.25) is 4.68 Å². The second kappa shape index (κ2) is 6.19. The third-order valence-electron chi connectivity index (χ3n) is 4.70. The Morgan fingerprint density at radius 3 is 2.79 bits per heavy atom. The van der Waals surface area contributed by atoms with Crippen molar-refractivity contribution in [3.63, 3.8) is 0 Å². The highest BCUT2D eigenvalue weighted by Crippen LogP contribution is 2.39. The Balaban J connectivity index is 2.00. The van der Waals surface area contributed by atoms with Crippen molar-refractivity contribution in [2.45, 2.75) is 45.7 Å². The third-order valence-corrected chi connectivity index (χ3v) is 5.54. The summed E-state index contributed by atoms with van der Waals surface area (Å²) in [6, 6.07) is 1.95. The minimum absolute atomic E-state index is 0.0657. The van der Waals surface area contributed by atoms with Crippen LogP contribution in [0.1, 0.15) is 39.7 Å². The number of carboxylic acid groups (broad SMARTS) is 1. The summed E-state index contributed by atoms with van der Waals surface area (Å²) in [5.74, 6) is 0. The summed E-state index contributed by atoms with van der Waals surface area (Å²) in [6.07, 6.45) is 2.26. The van der Waals surface area contributed by atoms with E-state index in [0.717, 1.165) is 23.7 Å². The summed E-state index contributed by atoms with van der Waals surface area (Å²) < 4.78 is 2.63. The summed E-state index contributed by atoms with van der Waals surface area (Å²) >= 11 is 9.66. The molecule has 130 valence electrons. The molecule has 0 saturated carbocycles. The number of rotatable bonds is 1. The third kappa shape index (κ3) is 2.99. The van der Waals surface area contributed by atoms with Gasteiger partial charge in [-0.05, 0) is 40.3 Å². The van der Waals surface area contributed by atoms with Crippen molar-refractivity contribution in [2.24, 2.45) is 5.41 Å². The van der Waals surface area contributed by atoms with Gasteiger partial charge in [-0.2, -0.15) is 5.10 Å². The van der Waals surface area contributed by atoms with Crippen LogP contribution in [0, 0.1) is 5.41 Å². The van der Waals surface area contributed by atoms with Gasteiger partial charge in [0.2, 0.25) is 0 Å². The molecule has 0 radical (unpaired) electrons. The van der Waals surface area contributed by atoms with E-state index < -0.39 is 6.09 Å². The monoisotopic (exact) mass is 414 g/mol. The highest BCUT2D eigenvalue weighted by atomic mass is 79.9. The summed E-state index contributed by atoms with van der Waals surface area (Å²) in [4.78, 5) is 17.3. The van der Waals surface area contributed by atoms with Gasteiger partial charge >= 0.3 is 6.09 Å². The molecule has 1 N–H and O–H groups in total. The lowest BCUT2D eigenvalue weighted by molar-refractivity contribution is 0.0415. The van der Waals surface area contributed by atoms with Crippen LogP contribution in [0.3, 0.4) is 0 Å². The zero-order chi connectivity index (χ0) is 17.6. The van der Waals surface area contributed by atoms with E-state index >= 15 is 0 Å². The normalized spacial score (nSPS) is 22.1. The molecule has 0 spiro atoms. The fourth-order valence-electron chi connectivity index (χ4n) is 3.50. The number of piperidine rings is 1. The quantitative estimate of drug-likeness (QED) is 0.692. The van der Waals surface area contributed by atoms with Gasteiger partial charge < -0.3 is 10.0 Å². The van der Waals surface area contributed by atoms with Gasteiger partial charge in [-0.15, -0.1) is 0 Å². The Bertz CT molecular complexity index is 786. The lowest BCUT2D eigenvalue weighted by Crippen LogP contribution is -2.51. The molecule has 2 aromatic heterocycles. The number of likely N-dealkylation sites (tertiary alicyclic amines) is 1. The molecular formula is C16H20BrClN4O2. The highest BCUT2D eigenvalue weighted by molar-refractivity contribution is 9.10. The molecule has 6 nitrogen and oxygen atoms in total. The number of halogens is 2. The van der Waals surface area contributed by atoms with Gasteiger partial charge in [-0.25, -0.2) is 9.78 Å². The average Bonchev–Trinajstić information content (AvgIpc) is 2.84. The Morgan fingerprint density at radius 2 is 2.17 bits per heavy atom. The van der Waals surface area contributed by atoms with Crippen LogP contribution in [0.25, 0.3) is 10.9 Å². The summed E-state index contributed by atoms with van der Waals surface area (Å²) in [7, 11) is 0. The van der Waals surface area contributed by atoms with Crippen LogP contribution in [0.5, 0.6) is 0 Å². The van der Waals surface area contributed by atoms with Gasteiger partial charge in [0.15, 0.2) is 0 Å². The molecule has 1 saturated heterocycles. The molecule has 2 unspecified atom stereocenters. The molecular weight excluding hydrogens is 396 g/mol. The maximum Gasteiger partial charge on any atom is 0.407 e. The number of hydrogen-bond acceptors (Lipinski definition) is 3. The smallest absolute Gasteiger partial charge is 0.407 e. The zero-order valence-corrected chi connectivity index (χ0v) is 16.2. The maximum absolute atomic E-state index is 11.6. The van der Waals surface area contributed by atoms with Crippen LogP contribution >= 0.6 is 27.5 Å². The molecule has 24 heavy (non-hydrogen) atoms. The van der Waals surface area contributed by atoms with Gasteiger partial charge in [0.05, 0.1) is 16.9 Å². The fourth-order valence-corrected chi connectivity index (χ4v) is 4.42. The first-order valence-electron chi connectivity index (χ1n) is 7.88. The molecule has 0 aliphatic carbocycles. The van der Waals surface area contributed by atoms with Crippen LogP contribution in [-0.2, 0) is 0 Å². The Hall–Kier alpha value is -1.34. The topological polar surface area (TPSA) is 71.2 Å². The minimum atomic E-state index is -0.855. The predicted molar refractivity (Wildman–Crippen MR) is 96.5 cm³/mol. The molecule has 1 amide bonds. The van der Waals surface area contributed by atoms with Crippen molar-refractivity contribution < 1.29 is 9.90 Å². The van der Waals surface area contributed by atoms with Crippen LogP contribution in [0.15, 0.2) is 16.9 Å². The number of hydrogen-bond donors (Lipinski definition) is 1. The van der Waals surface area contributed by atoms with E-state index in [-0.39, 0.29) is 17.5 Å².